The van der Waals surface area contributed by atoms with E-state index in [0.29, 0.717) is 13.2 Å². The van der Waals surface area contributed by atoms with Gasteiger partial charge < -0.3 is 15.8 Å². The van der Waals surface area contributed by atoms with Crippen molar-refractivity contribution in [2.24, 2.45) is 11.7 Å². The lowest BCUT2D eigenvalue weighted by molar-refractivity contribution is -0.123. The molecule has 0 aliphatic heterocycles. The zero-order valence-electron chi connectivity index (χ0n) is 13.1. The second-order valence-electron chi connectivity index (χ2n) is 4.99. The van der Waals surface area contributed by atoms with Crippen LogP contribution in [0.2, 0.25) is 0 Å². The predicted molar refractivity (Wildman–Crippen MR) is 89.0 cm³/mol. The molecule has 4 nitrogen and oxygen atoms in total. The molecule has 1 aromatic carbocycles. The number of amides is 1. The summed E-state index contributed by atoms with van der Waals surface area (Å²) in [6, 6.07) is 7.47. The maximum atomic E-state index is 11.9. The van der Waals surface area contributed by atoms with Gasteiger partial charge in [-0.05, 0) is 30.9 Å². The average Bonchev–Trinajstić information content (AvgIpc) is 2.47. The third kappa shape index (κ3) is 6.36. The molecule has 0 fully saturated rings. The van der Waals surface area contributed by atoms with E-state index < -0.39 is 6.04 Å². The predicted octanol–water partition coefficient (Wildman–Crippen LogP) is 2.54. The zero-order chi connectivity index (χ0) is 15.0. The lowest BCUT2D eigenvalue weighted by Gasteiger charge is -2.18. The molecule has 0 bridgehead atoms. The van der Waals surface area contributed by atoms with Gasteiger partial charge in [-0.1, -0.05) is 38.5 Å². The lowest BCUT2D eigenvalue weighted by Crippen LogP contribution is -2.45. The van der Waals surface area contributed by atoms with E-state index in [0.717, 1.165) is 24.2 Å². The molecule has 0 heterocycles. The number of benzene rings is 1. The number of nitrogens with two attached hydrogens (primary N) is 1. The molecule has 0 saturated heterocycles. The fourth-order valence-corrected chi connectivity index (χ4v) is 1.96. The highest BCUT2D eigenvalue weighted by Gasteiger charge is 2.18. The van der Waals surface area contributed by atoms with Crippen LogP contribution in [0, 0.1) is 5.92 Å². The minimum atomic E-state index is -0.429. The van der Waals surface area contributed by atoms with Crippen molar-refractivity contribution in [2.75, 3.05) is 13.2 Å². The summed E-state index contributed by atoms with van der Waals surface area (Å²) in [4.78, 5) is 11.9. The Bertz CT molecular complexity index is 426. The summed E-state index contributed by atoms with van der Waals surface area (Å²) < 4.78 is 5.56. The molecular formula is C16H27ClN2O2. The smallest absolute Gasteiger partial charge is 0.237 e. The van der Waals surface area contributed by atoms with Gasteiger partial charge in [0.1, 0.15) is 5.75 Å². The van der Waals surface area contributed by atoms with E-state index in [9.17, 15) is 4.79 Å². The summed E-state index contributed by atoms with van der Waals surface area (Å²) in [5, 5.41) is 2.90. The number of nitrogens with one attached hydrogen (secondary N) is 1. The van der Waals surface area contributed by atoms with Gasteiger partial charge in [0.15, 0.2) is 0 Å². The van der Waals surface area contributed by atoms with E-state index >= 15 is 0 Å². The maximum Gasteiger partial charge on any atom is 0.237 e. The first-order valence-electron chi connectivity index (χ1n) is 7.34. The monoisotopic (exact) mass is 314 g/mol. The van der Waals surface area contributed by atoms with Crippen molar-refractivity contribution in [3.63, 3.8) is 0 Å². The number of carbonyl (C=O) groups is 1. The first kappa shape index (κ1) is 19.7. The number of hydrogen-bond donors (Lipinski definition) is 2. The normalized spacial score (nSPS) is 13.0. The molecule has 0 aliphatic rings. The number of hydrogen-bond acceptors (Lipinski definition) is 3. The van der Waals surface area contributed by atoms with E-state index in [-0.39, 0.29) is 24.2 Å². The van der Waals surface area contributed by atoms with Crippen molar-refractivity contribution >= 4 is 18.3 Å². The molecule has 120 valence electrons. The molecule has 21 heavy (non-hydrogen) atoms. The highest BCUT2D eigenvalue weighted by Crippen LogP contribution is 2.18. The van der Waals surface area contributed by atoms with Gasteiger partial charge in [0, 0.05) is 6.54 Å². The van der Waals surface area contributed by atoms with Crippen LogP contribution in [0.15, 0.2) is 24.3 Å². The van der Waals surface area contributed by atoms with Crippen molar-refractivity contribution in [1.29, 1.82) is 0 Å². The fraction of sp³-hybridized carbons (Fsp3) is 0.562. The van der Waals surface area contributed by atoms with Crippen LogP contribution in [-0.2, 0) is 11.2 Å². The SMILES string of the molecule is CCOc1ccccc1CCNC(=O)C(N)C(C)CC.Cl. The van der Waals surface area contributed by atoms with Crippen LogP contribution in [-0.4, -0.2) is 25.1 Å². The molecule has 5 heteroatoms. The van der Waals surface area contributed by atoms with Gasteiger partial charge in [-0.15, -0.1) is 12.4 Å². The van der Waals surface area contributed by atoms with Crippen molar-refractivity contribution < 1.29 is 9.53 Å². The van der Waals surface area contributed by atoms with Gasteiger partial charge in [0.25, 0.3) is 0 Å². The second kappa shape index (κ2) is 10.5. The molecule has 2 unspecified atom stereocenters. The molecular weight excluding hydrogens is 288 g/mol. The Morgan fingerprint density at radius 1 is 1.33 bits per heavy atom. The summed E-state index contributed by atoms with van der Waals surface area (Å²) in [5.41, 5.74) is 7.00. The maximum absolute atomic E-state index is 11.9. The van der Waals surface area contributed by atoms with Crippen LogP contribution in [0.5, 0.6) is 5.75 Å². The number of carbonyl (C=O) groups excluding carboxylic acids is 1. The van der Waals surface area contributed by atoms with E-state index in [2.05, 4.69) is 5.32 Å². The molecule has 0 saturated carbocycles. The topological polar surface area (TPSA) is 64.3 Å². The van der Waals surface area contributed by atoms with Crippen molar-refractivity contribution in [3.8, 4) is 5.75 Å². The van der Waals surface area contributed by atoms with Crippen LogP contribution in [0.3, 0.4) is 0 Å². The Kier molecular flexibility index (Phi) is 9.84. The van der Waals surface area contributed by atoms with Gasteiger partial charge in [-0.2, -0.15) is 0 Å². The van der Waals surface area contributed by atoms with Crippen LogP contribution < -0.4 is 15.8 Å². The summed E-state index contributed by atoms with van der Waals surface area (Å²) in [7, 11) is 0. The molecule has 1 amide bonds. The van der Waals surface area contributed by atoms with Crippen LogP contribution >= 0.6 is 12.4 Å². The number of ether oxygens (including phenoxy) is 1. The fourth-order valence-electron chi connectivity index (χ4n) is 1.96. The Morgan fingerprint density at radius 3 is 2.62 bits per heavy atom. The van der Waals surface area contributed by atoms with Crippen LogP contribution in [0.1, 0.15) is 32.8 Å². The number of halogens is 1. The zero-order valence-corrected chi connectivity index (χ0v) is 13.9. The summed E-state index contributed by atoms with van der Waals surface area (Å²) in [6.45, 7) is 7.21. The Morgan fingerprint density at radius 2 is 2.00 bits per heavy atom. The summed E-state index contributed by atoms with van der Waals surface area (Å²) in [5.74, 6) is 1.01. The summed E-state index contributed by atoms with van der Waals surface area (Å²) >= 11 is 0. The minimum Gasteiger partial charge on any atom is -0.494 e. The van der Waals surface area contributed by atoms with Crippen LogP contribution in [0.4, 0.5) is 0 Å². The van der Waals surface area contributed by atoms with E-state index in [1.807, 2.05) is 45.0 Å². The largest absolute Gasteiger partial charge is 0.494 e. The third-order valence-corrected chi connectivity index (χ3v) is 3.53. The summed E-state index contributed by atoms with van der Waals surface area (Å²) in [6.07, 6.45) is 1.65. The van der Waals surface area contributed by atoms with Crippen LogP contribution in [0.25, 0.3) is 0 Å². The van der Waals surface area contributed by atoms with Crippen molar-refractivity contribution in [3.05, 3.63) is 29.8 Å². The van der Waals surface area contributed by atoms with Gasteiger partial charge in [0.05, 0.1) is 12.6 Å². The molecule has 3 N–H and O–H groups in total. The van der Waals surface area contributed by atoms with Gasteiger partial charge in [0.2, 0.25) is 5.91 Å². The van der Waals surface area contributed by atoms with Gasteiger partial charge in [-0.25, -0.2) is 0 Å². The molecule has 0 aromatic heterocycles. The van der Waals surface area contributed by atoms with Gasteiger partial charge in [-0.3, -0.25) is 4.79 Å². The van der Waals surface area contributed by atoms with Crippen molar-refractivity contribution in [2.45, 2.75) is 39.7 Å². The highest BCUT2D eigenvalue weighted by molar-refractivity contribution is 5.85. The minimum absolute atomic E-state index is 0. The third-order valence-electron chi connectivity index (χ3n) is 3.53. The standard InChI is InChI=1S/C16H26N2O2.ClH/c1-4-12(3)15(17)16(19)18-11-10-13-8-6-7-9-14(13)20-5-2;/h6-9,12,15H,4-5,10-11,17H2,1-3H3,(H,18,19);1H. The Hall–Kier alpha value is -1.26. The van der Waals surface area contributed by atoms with E-state index in [1.54, 1.807) is 0 Å². The molecule has 2 atom stereocenters. The average molecular weight is 315 g/mol. The second-order valence-corrected chi connectivity index (χ2v) is 4.99. The van der Waals surface area contributed by atoms with Crippen molar-refractivity contribution in [1.82, 2.24) is 5.32 Å². The molecule has 0 radical (unpaired) electrons. The quantitative estimate of drug-likeness (QED) is 0.775. The number of rotatable bonds is 8. The Balaban J connectivity index is 0.00000400. The lowest BCUT2D eigenvalue weighted by atomic mass is 9.99. The van der Waals surface area contributed by atoms with E-state index in [1.165, 1.54) is 0 Å². The van der Waals surface area contributed by atoms with Gasteiger partial charge >= 0.3 is 0 Å². The van der Waals surface area contributed by atoms with E-state index in [4.69, 9.17) is 10.5 Å². The number of para-hydroxylation sites is 1. The molecule has 0 spiro atoms. The first-order chi connectivity index (χ1) is 9.60. The molecule has 1 rings (SSSR count). The Labute approximate surface area is 133 Å². The highest BCUT2D eigenvalue weighted by atomic mass is 35.5. The molecule has 0 aliphatic carbocycles. The first-order valence-corrected chi connectivity index (χ1v) is 7.34. The molecule has 1 aromatic rings.